The lowest BCUT2D eigenvalue weighted by atomic mass is 9.62. The first kappa shape index (κ1) is 27.7. The lowest BCUT2D eigenvalue weighted by molar-refractivity contribution is -0.122. The molecule has 3 heterocycles. The van der Waals surface area contributed by atoms with E-state index in [1.54, 1.807) is 47.4 Å². The van der Waals surface area contributed by atoms with Crippen LogP contribution in [0.3, 0.4) is 0 Å². The van der Waals surface area contributed by atoms with Gasteiger partial charge in [-0.05, 0) is 65.4 Å². The van der Waals surface area contributed by atoms with Crippen LogP contribution in [0.15, 0.2) is 60.7 Å². The number of amides is 2. The van der Waals surface area contributed by atoms with E-state index in [9.17, 15) is 19.5 Å². The van der Waals surface area contributed by atoms with Crippen LogP contribution in [0.1, 0.15) is 54.6 Å². The Morgan fingerprint density at radius 1 is 1.10 bits per heavy atom. The molecule has 3 aliphatic heterocycles. The molecule has 212 valence electrons. The minimum atomic E-state index is -1.31. The van der Waals surface area contributed by atoms with Crippen LogP contribution in [0.5, 0.6) is 0 Å². The summed E-state index contributed by atoms with van der Waals surface area (Å²) in [7, 11) is 0. The Bertz CT molecular complexity index is 1610. The van der Waals surface area contributed by atoms with E-state index in [4.69, 9.17) is 23.2 Å². The molecule has 41 heavy (non-hydrogen) atoms. The highest BCUT2D eigenvalue weighted by Crippen LogP contribution is 2.61. The van der Waals surface area contributed by atoms with Crippen molar-refractivity contribution in [2.75, 3.05) is 16.9 Å². The van der Waals surface area contributed by atoms with Crippen molar-refractivity contribution in [3.05, 3.63) is 93.2 Å². The Morgan fingerprint density at radius 3 is 2.46 bits per heavy atom. The molecule has 2 amide bonds. The van der Waals surface area contributed by atoms with Gasteiger partial charge in [0.1, 0.15) is 11.2 Å². The van der Waals surface area contributed by atoms with Gasteiger partial charge >= 0.3 is 5.97 Å². The highest BCUT2D eigenvalue weighted by atomic mass is 35.5. The summed E-state index contributed by atoms with van der Waals surface area (Å²) in [5.41, 5.74) is 0.456. The molecule has 1 spiro atoms. The number of aromatic carboxylic acids is 1. The van der Waals surface area contributed by atoms with Crippen molar-refractivity contribution in [2.45, 2.75) is 50.6 Å². The van der Waals surface area contributed by atoms with Crippen molar-refractivity contribution < 1.29 is 23.9 Å². The molecule has 0 radical (unpaired) electrons. The lowest BCUT2D eigenvalue weighted by Crippen LogP contribution is -2.52. The third kappa shape index (κ3) is 4.15. The monoisotopic (exact) mass is 595 g/mol. The van der Waals surface area contributed by atoms with Gasteiger partial charge in [-0.25, -0.2) is 9.18 Å². The number of nitrogens with zero attached hydrogens (tertiary/aromatic N) is 2. The Hall–Kier alpha value is -3.46. The van der Waals surface area contributed by atoms with Crippen LogP contribution < -0.4 is 10.2 Å². The minimum absolute atomic E-state index is 0.0928. The van der Waals surface area contributed by atoms with Gasteiger partial charge in [0.15, 0.2) is 0 Å². The minimum Gasteiger partial charge on any atom is -0.478 e. The molecule has 0 saturated carbocycles. The number of hydrogen-bond acceptors (Lipinski definition) is 4. The normalized spacial score (nSPS) is 25.5. The number of fused-ring (bicyclic) bond motifs is 3. The number of halogens is 3. The molecule has 2 N–H and O–H groups in total. The SMILES string of the molecule is CC(C)(C)CC1N2CN(c3ccc(C(=O)O)cc3)C(=O)C2C(c2cccc(Cl)c2F)C12C(=O)Nc1cc(Cl)ccc12. The van der Waals surface area contributed by atoms with Gasteiger partial charge in [-0.15, -0.1) is 0 Å². The van der Waals surface area contributed by atoms with Crippen LogP contribution in [-0.4, -0.2) is 46.5 Å². The van der Waals surface area contributed by atoms with Crippen LogP contribution in [0.2, 0.25) is 10.0 Å². The van der Waals surface area contributed by atoms with Crippen molar-refractivity contribution in [3.8, 4) is 0 Å². The molecule has 10 heteroatoms. The molecule has 6 rings (SSSR count). The molecule has 0 aliphatic carbocycles. The van der Waals surface area contributed by atoms with E-state index in [2.05, 4.69) is 26.1 Å². The van der Waals surface area contributed by atoms with Crippen LogP contribution in [0.4, 0.5) is 15.8 Å². The molecule has 2 fully saturated rings. The van der Waals surface area contributed by atoms with E-state index in [1.807, 2.05) is 4.90 Å². The molecule has 3 aliphatic rings. The first-order valence-electron chi connectivity index (χ1n) is 13.3. The number of nitrogens with one attached hydrogen (secondary N) is 1. The zero-order chi connectivity index (χ0) is 29.4. The lowest BCUT2D eigenvalue weighted by Gasteiger charge is -2.40. The van der Waals surface area contributed by atoms with Gasteiger partial charge in [-0.3, -0.25) is 19.4 Å². The van der Waals surface area contributed by atoms with Crippen LogP contribution >= 0.6 is 23.2 Å². The van der Waals surface area contributed by atoms with Crippen molar-refractivity contribution >= 4 is 52.4 Å². The first-order chi connectivity index (χ1) is 19.3. The Kier molecular flexibility index (Phi) is 6.45. The number of anilines is 2. The van der Waals surface area contributed by atoms with Gasteiger partial charge in [0, 0.05) is 28.4 Å². The van der Waals surface area contributed by atoms with Gasteiger partial charge in [0.2, 0.25) is 11.8 Å². The second kappa shape index (κ2) is 9.54. The summed E-state index contributed by atoms with van der Waals surface area (Å²) in [5.74, 6) is -3.26. The Labute approximate surface area is 246 Å². The van der Waals surface area contributed by atoms with Crippen molar-refractivity contribution in [2.24, 2.45) is 5.41 Å². The van der Waals surface area contributed by atoms with Gasteiger partial charge in [0.05, 0.1) is 23.3 Å². The molecule has 7 nitrogen and oxygen atoms in total. The highest BCUT2D eigenvalue weighted by molar-refractivity contribution is 6.31. The number of rotatable bonds is 4. The number of carbonyl (C=O) groups excluding carboxylic acids is 2. The second-order valence-corrected chi connectivity index (χ2v) is 13.0. The molecular weight excluding hydrogens is 568 g/mol. The average molecular weight is 596 g/mol. The number of benzene rings is 3. The fraction of sp³-hybridized carbons (Fsp3) is 0.323. The number of carboxylic acid groups (broad SMARTS) is 1. The summed E-state index contributed by atoms with van der Waals surface area (Å²) in [6, 6.07) is 14.6. The van der Waals surface area contributed by atoms with Crippen LogP contribution in [0, 0.1) is 11.2 Å². The molecule has 0 bridgehead atoms. The maximum Gasteiger partial charge on any atom is 0.335 e. The number of hydrogen-bond donors (Lipinski definition) is 2. The molecule has 2 saturated heterocycles. The fourth-order valence-electron chi connectivity index (χ4n) is 6.96. The summed E-state index contributed by atoms with van der Waals surface area (Å²) >= 11 is 12.6. The summed E-state index contributed by atoms with van der Waals surface area (Å²) < 4.78 is 16.0. The van der Waals surface area contributed by atoms with E-state index >= 15 is 4.39 Å². The first-order valence-corrected chi connectivity index (χ1v) is 14.1. The Balaban J connectivity index is 1.59. The maximum absolute atomic E-state index is 16.0. The van der Waals surface area contributed by atoms with Gasteiger partial charge in [0.25, 0.3) is 0 Å². The van der Waals surface area contributed by atoms with E-state index < -0.39 is 35.2 Å². The highest BCUT2D eigenvalue weighted by Gasteiger charge is 2.71. The molecule has 3 aromatic rings. The van der Waals surface area contributed by atoms with E-state index in [0.717, 1.165) is 0 Å². The smallest absolute Gasteiger partial charge is 0.335 e. The predicted molar refractivity (Wildman–Crippen MR) is 155 cm³/mol. The predicted octanol–water partition coefficient (Wildman–Crippen LogP) is 6.30. The number of carbonyl (C=O) groups is 3. The molecule has 4 atom stereocenters. The molecule has 0 aromatic heterocycles. The molecule has 3 aromatic carbocycles. The van der Waals surface area contributed by atoms with Crippen LogP contribution in [-0.2, 0) is 15.0 Å². The van der Waals surface area contributed by atoms with Crippen molar-refractivity contribution in [1.29, 1.82) is 0 Å². The Morgan fingerprint density at radius 2 is 1.80 bits per heavy atom. The van der Waals surface area contributed by atoms with Crippen LogP contribution in [0.25, 0.3) is 0 Å². The van der Waals surface area contributed by atoms with E-state index in [0.29, 0.717) is 28.4 Å². The standard InChI is InChI=1S/C31H28Cl2FN3O4/c1-30(2,3)14-23-31(20-12-9-17(32)13-22(20)35-29(31)41)24(19-5-4-6-21(33)25(19)34)26-27(38)36(15-37(23)26)18-10-7-16(8-11-18)28(39)40/h4-13,23-24,26H,14-15H2,1-3H3,(H,35,41)(H,39,40). The quantitative estimate of drug-likeness (QED) is 0.369. The van der Waals surface area contributed by atoms with Gasteiger partial charge in [-0.1, -0.05) is 62.2 Å². The maximum atomic E-state index is 16.0. The van der Waals surface area contributed by atoms with Crippen molar-refractivity contribution in [3.63, 3.8) is 0 Å². The zero-order valence-electron chi connectivity index (χ0n) is 22.6. The second-order valence-electron chi connectivity index (χ2n) is 12.1. The molecular formula is C31H28Cl2FN3O4. The molecule has 4 unspecified atom stereocenters. The summed E-state index contributed by atoms with van der Waals surface area (Å²) in [4.78, 5) is 43.7. The third-order valence-corrected chi connectivity index (χ3v) is 9.04. The summed E-state index contributed by atoms with van der Waals surface area (Å²) in [6.07, 6.45) is 0.525. The van der Waals surface area contributed by atoms with E-state index in [-0.39, 0.29) is 40.0 Å². The van der Waals surface area contributed by atoms with E-state index in [1.165, 1.54) is 18.2 Å². The van der Waals surface area contributed by atoms with Gasteiger partial charge in [-0.2, -0.15) is 0 Å². The average Bonchev–Trinajstić information content (AvgIpc) is 3.48. The summed E-state index contributed by atoms with van der Waals surface area (Å²) in [5, 5.41) is 12.7. The number of carboxylic acids is 1. The fourth-order valence-corrected chi connectivity index (χ4v) is 7.32. The topological polar surface area (TPSA) is 90.0 Å². The third-order valence-electron chi connectivity index (χ3n) is 8.51. The largest absolute Gasteiger partial charge is 0.478 e. The summed E-state index contributed by atoms with van der Waals surface area (Å²) in [6.45, 7) is 6.35. The zero-order valence-corrected chi connectivity index (χ0v) is 24.1. The van der Waals surface area contributed by atoms with Gasteiger partial charge < -0.3 is 10.4 Å². The van der Waals surface area contributed by atoms with Crippen molar-refractivity contribution in [1.82, 2.24) is 4.90 Å².